The lowest BCUT2D eigenvalue weighted by molar-refractivity contribution is 0.0589. The van der Waals surface area contributed by atoms with Crippen molar-refractivity contribution >= 4 is 28.5 Å². The number of aliphatic hydroxyl groups is 1. The second kappa shape index (κ2) is 10.8. The molecule has 2 unspecified atom stereocenters. The fourth-order valence-corrected chi connectivity index (χ4v) is 4.23. The zero-order chi connectivity index (χ0) is 24.1. The molecule has 2 aromatic carbocycles. The number of benzene rings is 2. The maximum atomic E-state index is 12.4. The monoisotopic (exact) mass is 478 g/mol. The van der Waals surface area contributed by atoms with Crippen LogP contribution in [0.5, 0.6) is 0 Å². The number of aromatic nitrogens is 3. The normalized spacial score (nSPS) is 13.1. The van der Waals surface area contributed by atoms with Crippen molar-refractivity contribution in [2.45, 2.75) is 32.0 Å². The van der Waals surface area contributed by atoms with Crippen molar-refractivity contribution in [1.29, 1.82) is 0 Å². The summed E-state index contributed by atoms with van der Waals surface area (Å²) in [5.74, 6) is -0.392. The van der Waals surface area contributed by atoms with Gasteiger partial charge in [-0.2, -0.15) is 0 Å². The average molecular weight is 479 g/mol. The SMILES string of the molecule is COC(=O)c1cc2cc(CC(C)NCC(O)c3cccc(Cl)c3)ccc2n1Cc1ccncn1. The standard InChI is InChI=1S/C26H27ClN4O3/c1-17(29-14-25(32)19-4-3-5-21(27)12-19)10-18-6-7-23-20(11-18)13-24(26(33)34-2)31(23)15-22-8-9-28-16-30-22/h3-9,11-13,16-17,25,29,32H,10,14-15H2,1-2H3. The molecule has 0 spiro atoms. The fourth-order valence-electron chi connectivity index (χ4n) is 4.04. The van der Waals surface area contributed by atoms with Crippen molar-refractivity contribution in [3.8, 4) is 0 Å². The molecule has 0 saturated carbocycles. The minimum Gasteiger partial charge on any atom is -0.464 e. The summed E-state index contributed by atoms with van der Waals surface area (Å²) < 4.78 is 6.92. The third kappa shape index (κ3) is 5.62. The molecule has 0 aliphatic carbocycles. The summed E-state index contributed by atoms with van der Waals surface area (Å²) in [6.45, 7) is 2.94. The van der Waals surface area contributed by atoms with Gasteiger partial charge in [-0.1, -0.05) is 29.8 Å². The highest BCUT2D eigenvalue weighted by Crippen LogP contribution is 2.24. The van der Waals surface area contributed by atoms with E-state index in [1.807, 2.05) is 34.9 Å². The second-order valence-corrected chi connectivity index (χ2v) is 8.72. The van der Waals surface area contributed by atoms with Gasteiger partial charge in [0.2, 0.25) is 0 Å². The van der Waals surface area contributed by atoms with Crippen LogP contribution in [0.15, 0.2) is 67.1 Å². The van der Waals surface area contributed by atoms with Crippen molar-refractivity contribution in [2.24, 2.45) is 0 Å². The Balaban J connectivity index is 1.48. The molecule has 34 heavy (non-hydrogen) atoms. The van der Waals surface area contributed by atoms with Crippen LogP contribution in [0.3, 0.4) is 0 Å². The number of esters is 1. The number of halogens is 1. The summed E-state index contributed by atoms with van der Waals surface area (Å²) in [6.07, 6.45) is 3.31. The molecule has 4 aromatic rings. The first-order valence-corrected chi connectivity index (χ1v) is 11.4. The Morgan fingerprint density at radius 2 is 2.06 bits per heavy atom. The topological polar surface area (TPSA) is 89.3 Å². The van der Waals surface area contributed by atoms with E-state index in [0.29, 0.717) is 23.8 Å². The summed E-state index contributed by atoms with van der Waals surface area (Å²) in [7, 11) is 1.38. The van der Waals surface area contributed by atoms with Crippen LogP contribution in [0.2, 0.25) is 5.02 Å². The van der Waals surface area contributed by atoms with Crippen molar-refractivity contribution in [3.63, 3.8) is 0 Å². The Hall–Kier alpha value is -3.26. The minimum absolute atomic E-state index is 0.134. The molecule has 7 nitrogen and oxygen atoms in total. The third-order valence-electron chi connectivity index (χ3n) is 5.76. The van der Waals surface area contributed by atoms with Gasteiger partial charge in [-0.3, -0.25) is 0 Å². The van der Waals surface area contributed by atoms with Gasteiger partial charge in [-0.15, -0.1) is 0 Å². The highest BCUT2D eigenvalue weighted by Gasteiger charge is 2.18. The van der Waals surface area contributed by atoms with Crippen LogP contribution in [-0.2, 0) is 17.7 Å². The first kappa shape index (κ1) is 23.9. The quantitative estimate of drug-likeness (QED) is 0.351. The Morgan fingerprint density at radius 1 is 1.21 bits per heavy atom. The summed E-state index contributed by atoms with van der Waals surface area (Å²) in [5, 5.41) is 15.4. The number of fused-ring (bicyclic) bond motifs is 1. The average Bonchev–Trinajstić information content (AvgIpc) is 3.20. The fraction of sp³-hybridized carbons (Fsp3) is 0.269. The molecule has 0 aliphatic heterocycles. The lowest BCUT2D eigenvalue weighted by atomic mass is 10.0. The molecule has 0 amide bonds. The van der Waals surface area contributed by atoms with Crippen LogP contribution >= 0.6 is 11.6 Å². The maximum absolute atomic E-state index is 12.4. The van der Waals surface area contributed by atoms with Crippen LogP contribution < -0.4 is 5.32 Å². The molecule has 0 bridgehead atoms. The molecule has 2 atom stereocenters. The van der Waals surface area contributed by atoms with Crippen molar-refractivity contribution in [3.05, 3.63) is 94.7 Å². The molecule has 4 rings (SSSR count). The van der Waals surface area contributed by atoms with Gasteiger partial charge in [0.15, 0.2) is 0 Å². The number of hydrogen-bond donors (Lipinski definition) is 2. The molecule has 0 saturated heterocycles. The van der Waals surface area contributed by atoms with E-state index in [2.05, 4.69) is 34.3 Å². The van der Waals surface area contributed by atoms with E-state index in [0.717, 1.165) is 34.1 Å². The van der Waals surface area contributed by atoms with E-state index in [1.54, 1.807) is 18.3 Å². The zero-order valence-corrected chi connectivity index (χ0v) is 19.9. The summed E-state index contributed by atoms with van der Waals surface area (Å²) in [6, 6.07) is 17.2. The van der Waals surface area contributed by atoms with Gasteiger partial charge >= 0.3 is 5.97 Å². The third-order valence-corrected chi connectivity index (χ3v) is 5.99. The van der Waals surface area contributed by atoms with Gasteiger partial charge < -0.3 is 19.7 Å². The van der Waals surface area contributed by atoms with E-state index in [-0.39, 0.29) is 6.04 Å². The van der Waals surface area contributed by atoms with Gasteiger partial charge in [0.05, 0.1) is 25.5 Å². The number of carbonyl (C=O) groups excluding carboxylic acids is 1. The predicted molar refractivity (Wildman–Crippen MR) is 132 cm³/mol. The Bertz CT molecular complexity index is 1280. The number of carbonyl (C=O) groups is 1. The maximum Gasteiger partial charge on any atom is 0.354 e. The van der Waals surface area contributed by atoms with Crippen LogP contribution in [0.4, 0.5) is 0 Å². The molecule has 2 N–H and O–H groups in total. The number of nitrogens with zero attached hydrogens (tertiary/aromatic N) is 3. The van der Waals surface area contributed by atoms with Crippen LogP contribution in [-0.4, -0.2) is 45.3 Å². The predicted octanol–water partition coefficient (Wildman–Crippen LogP) is 4.17. The first-order valence-electron chi connectivity index (χ1n) is 11.1. The van der Waals surface area contributed by atoms with E-state index >= 15 is 0 Å². The van der Waals surface area contributed by atoms with Gasteiger partial charge in [-0.05, 0) is 60.9 Å². The van der Waals surface area contributed by atoms with E-state index in [9.17, 15) is 9.90 Å². The highest BCUT2D eigenvalue weighted by atomic mass is 35.5. The molecular weight excluding hydrogens is 452 g/mol. The van der Waals surface area contributed by atoms with Gasteiger partial charge in [0, 0.05) is 34.7 Å². The Labute approximate surface area is 203 Å². The van der Waals surface area contributed by atoms with E-state index < -0.39 is 12.1 Å². The molecule has 2 heterocycles. The molecule has 0 fully saturated rings. The van der Waals surface area contributed by atoms with Crippen LogP contribution in [0.1, 0.15) is 40.3 Å². The second-order valence-electron chi connectivity index (χ2n) is 8.29. The number of ether oxygens (including phenoxy) is 1. The van der Waals surface area contributed by atoms with E-state index in [4.69, 9.17) is 16.3 Å². The molecule has 2 aromatic heterocycles. The number of methoxy groups -OCH3 is 1. The minimum atomic E-state index is -0.637. The van der Waals surface area contributed by atoms with Crippen LogP contribution in [0, 0.1) is 0 Å². The van der Waals surface area contributed by atoms with Gasteiger partial charge in [0.1, 0.15) is 12.0 Å². The molecular formula is C26H27ClN4O3. The molecule has 8 heteroatoms. The largest absolute Gasteiger partial charge is 0.464 e. The highest BCUT2D eigenvalue weighted by molar-refractivity contribution is 6.30. The number of nitrogens with one attached hydrogen (secondary N) is 1. The van der Waals surface area contributed by atoms with Crippen molar-refractivity contribution in [1.82, 2.24) is 19.9 Å². The molecule has 176 valence electrons. The van der Waals surface area contributed by atoms with Gasteiger partial charge in [-0.25, -0.2) is 14.8 Å². The lowest BCUT2D eigenvalue weighted by Crippen LogP contribution is -2.32. The Kier molecular flexibility index (Phi) is 7.57. The van der Waals surface area contributed by atoms with Crippen LogP contribution in [0.25, 0.3) is 10.9 Å². The number of rotatable bonds is 9. The summed E-state index contributed by atoms with van der Waals surface area (Å²) in [5.41, 5.74) is 4.12. The Morgan fingerprint density at radius 3 is 2.79 bits per heavy atom. The zero-order valence-electron chi connectivity index (χ0n) is 19.1. The summed E-state index contributed by atoms with van der Waals surface area (Å²) in [4.78, 5) is 20.7. The van der Waals surface area contributed by atoms with Gasteiger partial charge in [0.25, 0.3) is 0 Å². The molecule has 0 radical (unpaired) electrons. The number of hydrogen-bond acceptors (Lipinski definition) is 6. The van der Waals surface area contributed by atoms with Crippen molar-refractivity contribution < 1.29 is 14.6 Å². The van der Waals surface area contributed by atoms with E-state index in [1.165, 1.54) is 13.4 Å². The molecule has 0 aliphatic rings. The summed E-state index contributed by atoms with van der Waals surface area (Å²) >= 11 is 6.03. The lowest BCUT2D eigenvalue weighted by Gasteiger charge is -2.18. The first-order chi connectivity index (χ1) is 16.4. The number of aliphatic hydroxyl groups excluding tert-OH is 1. The van der Waals surface area contributed by atoms with Crippen molar-refractivity contribution in [2.75, 3.05) is 13.7 Å². The smallest absolute Gasteiger partial charge is 0.354 e.